The van der Waals surface area contributed by atoms with Gasteiger partial charge in [-0.2, -0.15) is 0 Å². The lowest BCUT2D eigenvalue weighted by molar-refractivity contribution is -0.147. The number of ether oxygens (including phenoxy) is 1. The third kappa shape index (κ3) is 1.85. The molecule has 5 nitrogen and oxygen atoms in total. The number of hydrogen-bond donors (Lipinski definition) is 2. The standard InChI is InChI=1S/C21H26N2O3/c1-4-11-12-8-16-19-17(13-7-10(26-3)5-6-15(13)22-19)18(20(11)23(16)2)21(25)14(12)9-24/h5-7,11-12,14,16,18,20,22,24H,4,8-9H2,1-3H3/t11-,12+,14+,16+,18-,20-/m1/s1. The predicted octanol–water partition coefficient (Wildman–Crippen LogP) is 2.85. The molecule has 2 aliphatic heterocycles. The van der Waals surface area contributed by atoms with Crippen LogP contribution in [0.5, 0.6) is 5.75 Å². The van der Waals surface area contributed by atoms with Gasteiger partial charge in [0.15, 0.2) is 0 Å². The van der Waals surface area contributed by atoms with Gasteiger partial charge in [-0.05, 0) is 49.1 Å². The number of aliphatic hydroxyl groups is 1. The lowest BCUT2D eigenvalue weighted by Crippen LogP contribution is -2.63. The maximum atomic E-state index is 13.5. The smallest absolute Gasteiger partial charge is 0.147 e. The van der Waals surface area contributed by atoms with E-state index in [0.717, 1.165) is 35.1 Å². The van der Waals surface area contributed by atoms with Gasteiger partial charge in [-0.3, -0.25) is 9.69 Å². The average Bonchev–Trinajstić information content (AvgIpc) is 3.01. The van der Waals surface area contributed by atoms with Crippen LogP contribution in [0.2, 0.25) is 0 Å². The van der Waals surface area contributed by atoms with Crippen LogP contribution in [-0.2, 0) is 4.79 Å². The molecule has 5 rings (SSSR count). The minimum atomic E-state index is -0.221. The molecule has 26 heavy (non-hydrogen) atoms. The van der Waals surface area contributed by atoms with Crippen LogP contribution >= 0.6 is 0 Å². The molecule has 1 aromatic heterocycles. The predicted molar refractivity (Wildman–Crippen MR) is 99.4 cm³/mol. The van der Waals surface area contributed by atoms with Gasteiger partial charge in [0.1, 0.15) is 11.5 Å². The number of aromatic amines is 1. The van der Waals surface area contributed by atoms with Gasteiger partial charge in [-0.15, -0.1) is 0 Å². The van der Waals surface area contributed by atoms with Gasteiger partial charge in [0, 0.05) is 28.6 Å². The summed E-state index contributed by atoms with van der Waals surface area (Å²) in [5.41, 5.74) is 3.43. The Bertz CT molecular complexity index is 889. The average molecular weight is 354 g/mol. The van der Waals surface area contributed by atoms with E-state index in [9.17, 15) is 9.90 Å². The molecule has 2 aromatic rings. The van der Waals surface area contributed by atoms with Crippen LogP contribution in [0, 0.1) is 17.8 Å². The molecule has 1 saturated heterocycles. The lowest BCUT2D eigenvalue weighted by atomic mass is 9.54. The number of fused-ring (bicyclic) bond motifs is 7. The lowest BCUT2D eigenvalue weighted by Gasteiger charge is -2.59. The van der Waals surface area contributed by atoms with Gasteiger partial charge in [-0.1, -0.05) is 13.3 Å². The summed E-state index contributed by atoms with van der Waals surface area (Å²) in [7, 11) is 3.84. The number of carbonyl (C=O) groups is 1. The van der Waals surface area contributed by atoms with Gasteiger partial charge in [0.2, 0.25) is 0 Å². The molecule has 1 aliphatic carbocycles. The zero-order chi connectivity index (χ0) is 18.2. The van der Waals surface area contributed by atoms with Crippen LogP contribution in [0.15, 0.2) is 18.2 Å². The van der Waals surface area contributed by atoms with Crippen LogP contribution in [0.3, 0.4) is 0 Å². The number of nitrogens with zero attached hydrogens (tertiary/aromatic N) is 1. The summed E-state index contributed by atoms with van der Waals surface area (Å²) in [6.07, 6.45) is 1.99. The number of nitrogens with one attached hydrogen (secondary N) is 1. The number of H-pyrrole nitrogens is 1. The number of aromatic nitrogens is 1. The van der Waals surface area contributed by atoms with Crippen molar-refractivity contribution in [3.8, 4) is 5.75 Å². The third-order valence-electron chi connectivity index (χ3n) is 7.36. The van der Waals surface area contributed by atoms with E-state index < -0.39 is 0 Å². The van der Waals surface area contributed by atoms with Crippen LogP contribution in [-0.4, -0.2) is 47.6 Å². The first-order valence-corrected chi connectivity index (χ1v) is 9.66. The van der Waals surface area contributed by atoms with Crippen molar-refractivity contribution in [1.82, 2.24) is 9.88 Å². The molecule has 0 spiro atoms. The number of rotatable bonds is 3. The van der Waals surface area contributed by atoms with Crippen LogP contribution in [0.25, 0.3) is 10.9 Å². The van der Waals surface area contributed by atoms with Crippen LogP contribution in [0.1, 0.15) is 43.0 Å². The molecule has 6 atom stereocenters. The normalized spacial score (nSPS) is 35.8. The van der Waals surface area contributed by atoms with Crippen molar-refractivity contribution in [3.63, 3.8) is 0 Å². The second-order valence-electron chi connectivity index (χ2n) is 8.18. The Kier molecular flexibility index (Phi) is 3.50. The molecule has 3 bridgehead atoms. The number of hydrogen-bond acceptors (Lipinski definition) is 4. The van der Waals surface area contributed by atoms with Crippen molar-refractivity contribution in [3.05, 3.63) is 29.5 Å². The summed E-state index contributed by atoms with van der Waals surface area (Å²) in [6.45, 7) is 2.20. The highest BCUT2D eigenvalue weighted by molar-refractivity contribution is 5.98. The molecule has 0 radical (unpaired) electrons. The van der Waals surface area contributed by atoms with Crippen LogP contribution in [0.4, 0.5) is 0 Å². The van der Waals surface area contributed by atoms with Gasteiger partial charge < -0.3 is 14.8 Å². The Morgan fingerprint density at radius 3 is 2.88 bits per heavy atom. The second-order valence-corrected chi connectivity index (χ2v) is 8.18. The van der Waals surface area contributed by atoms with Crippen LogP contribution < -0.4 is 4.74 Å². The zero-order valence-corrected chi connectivity index (χ0v) is 15.5. The monoisotopic (exact) mass is 354 g/mol. The molecule has 2 fully saturated rings. The third-order valence-corrected chi connectivity index (χ3v) is 7.36. The first-order chi connectivity index (χ1) is 12.6. The molecule has 1 aromatic carbocycles. The summed E-state index contributed by atoms with van der Waals surface area (Å²) in [5.74, 6) is 1.40. The number of piperidine rings is 1. The van der Waals surface area contributed by atoms with Gasteiger partial charge in [0.25, 0.3) is 0 Å². The van der Waals surface area contributed by atoms with E-state index in [1.807, 2.05) is 12.1 Å². The van der Waals surface area contributed by atoms with E-state index in [4.69, 9.17) is 4.74 Å². The Hall–Kier alpha value is -1.85. The number of methoxy groups -OCH3 is 1. The van der Waals surface area contributed by atoms with E-state index in [0.29, 0.717) is 12.0 Å². The Balaban J connectivity index is 1.80. The highest BCUT2D eigenvalue weighted by Gasteiger charge is 2.59. The van der Waals surface area contributed by atoms with E-state index in [-0.39, 0.29) is 36.2 Å². The molecular weight excluding hydrogens is 328 g/mol. The molecular formula is C21H26N2O3. The maximum Gasteiger partial charge on any atom is 0.147 e. The molecule has 3 aliphatic rings. The van der Waals surface area contributed by atoms with E-state index >= 15 is 0 Å². The Morgan fingerprint density at radius 2 is 2.19 bits per heavy atom. The molecule has 5 heteroatoms. The fourth-order valence-electron chi connectivity index (χ4n) is 6.26. The highest BCUT2D eigenvalue weighted by atomic mass is 16.5. The van der Waals surface area contributed by atoms with E-state index in [1.165, 1.54) is 5.69 Å². The first kappa shape index (κ1) is 16.3. The second kappa shape index (κ2) is 5.57. The molecule has 0 unspecified atom stereocenters. The number of ketones is 1. The fraction of sp³-hybridized carbons (Fsp3) is 0.571. The summed E-state index contributed by atoms with van der Waals surface area (Å²) < 4.78 is 5.44. The summed E-state index contributed by atoms with van der Waals surface area (Å²) in [6, 6.07) is 6.59. The number of aliphatic hydroxyl groups excluding tert-OH is 1. The van der Waals surface area contributed by atoms with Crippen molar-refractivity contribution in [2.75, 3.05) is 20.8 Å². The summed E-state index contributed by atoms with van der Waals surface area (Å²) in [5, 5.41) is 11.1. The topological polar surface area (TPSA) is 65.6 Å². The minimum absolute atomic E-state index is 0.0271. The summed E-state index contributed by atoms with van der Waals surface area (Å²) >= 11 is 0. The molecule has 2 N–H and O–H groups in total. The first-order valence-electron chi connectivity index (χ1n) is 9.66. The Labute approximate surface area is 153 Å². The Morgan fingerprint density at radius 1 is 1.38 bits per heavy atom. The quantitative estimate of drug-likeness (QED) is 0.890. The van der Waals surface area contributed by atoms with Crippen molar-refractivity contribution >= 4 is 16.7 Å². The van der Waals surface area contributed by atoms with E-state index in [1.54, 1.807) is 7.11 Å². The van der Waals surface area contributed by atoms with E-state index in [2.05, 4.69) is 29.9 Å². The highest BCUT2D eigenvalue weighted by Crippen LogP contribution is 2.59. The molecule has 1 saturated carbocycles. The SMILES string of the molecule is CC[C@@H]1[C@@H]2C[C@H]3c4[nH]c5ccc(OC)cc5c4[C@@H](C(=O)[C@H]2CO)[C@@H]1N3C. The maximum absolute atomic E-state index is 13.5. The van der Waals surface area contributed by atoms with Crippen molar-refractivity contribution in [1.29, 1.82) is 0 Å². The van der Waals surface area contributed by atoms with Gasteiger partial charge in [0.05, 0.1) is 25.7 Å². The number of likely N-dealkylation sites (N-methyl/N-ethyl adjacent to an activating group) is 1. The van der Waals surface area contributed by atoms with Crippen molar-refractivity contribution in [2.45, 2.75) is 37.8 Å². The molecule has 0 amide bonds. The zero-order valence-electron chi connectivity index (χ0n) is 15.5. The number of benzene rings is 1. The molecule has 138 valence electrons. The number of carbonyl (C=O) groups excluding carboxylic acids is 1. The van der Waals surface area contributed by atoms with Gasteiger partial charge >= 0.3 is 0 Å². The minimum Gasteiger partial charge on any atom is -0.497 e. The van der Waals surface area contributed by atoms with Gasteiger partial charge in [-0.25, -0.2) is 0 Å². The molecule has 3 heterocycles. The summed E-state index contributed by atoms with van der Waals surface area (Å²) in [4.78, 5) is 19.5. The number of Topliss-reactive ketones (excluding diaryl/α,β-unsaturated/α-hetero) is 1. The van der Waals surface area contributed by atoms with Crippen molar-refractivity contribution < 1.29 is 14.6 Å². The van der Waals surface area contributed by atoms with Crippen molar-refractivity contribution in [2.24, 2.45) is 17.8 Å². The fourth-order valence-corrected chi connectivity index (χ4v) is 6.26. The largest absolute Gasteiger partial charge is 0.497 e.